The zero-order chi connectivity index (χ0) is 17.0. The third-order valence-corrected chi connectivity index (χ3v) is 3.23. The summed E-state index contributed by atoms with van der Waals surface area (Å²) in [5.41, 5.74) is 2.43. The van der Waals surface area contributed by atoms with Crippen molar-refractivity contribution in [1.82, 2.24) is 15.5 Å². The average molecular weight is 319 g/mol. The van der Waals surface area contributed by atoms with Gasteiger partial charge < -0.3 is 19.7 Å². The van der Waals surface area contributed by atoms with Gasteiger partial charge in [-0.1, -0.05) is 19.0 Å². The Labute approximate surface area is 134 Å². The van der Waals surface area contributed by atoms with Gasteiger partial charge in [-0.2, -0.15) is 0 Å². The molecule has 23 heavy (non-hydrogen) atoms. The van der Waals surface area contributed by atoms with Crippen molar-refractivity contribution in [3.63, 3.8) is 0 Å². The Balaban J connectivity index is 2.12. The molecule has 2 N–H and O–H groups in total. The number of pyridine rings is 1. The van der Waals surface area contributed by atoms with Crippen molar-refractivity contribution in [2.75, 3.05) is 6.61 Å². The van der Waals surface area contributed by atoms with Gasteiger partial charge >= 0.3 is 6.09 Å². The maximum absolute atomic E-state index is 11.7. The molecule has 2 rings (SSSR count). The van der Waals surface area contributed by atoms with E-state index in [2.05, 4.69) is 15.5 Å². The number of nitrogens with one attached hydrogen (secondary N) is 1. The molecule has 0 atom stereocenters. The van der Waals surface area contributed by atoms with Crippen LogP contribution in [0.3, 0.4) is 0 Å². The first-order chi connectivity index (χ1) is 10.9. The summed E-state index contributed by atoms with van der Waals surface area (Å²) in [5.74, 6) is 0.856. The summed E-state index contributed by atoms with van der Waals surface area (Å²) in [5, 5.41) is 16.2. The van der Waals surface area contributed by atoms with E-state index in [1.54, 1.807) is 26.0 Å². The number of aryl methyl sites for hydroxylation is 2. The molecule has 0 radical (unpaired) electrons. The molecule has 0 aromatic carbocycles. The van der Waals surface area contributed by atoms with Crippen LogP contribution >= 0.6 is 0 Å². The van der Waals surface area contributed by atoms with E-state index in [1.807, 2.05) is 13.8 Å². The quantitative estimate of drug-likeness (QED) is 0.879. The summed E-state index contributed by atoms with van der Waals surface area (Å²) in [6.07, 6.45) is -0.486. The lowest BCUT2D eigenvalue weighted by molar-refractivity contribution is 0.132. The fraction of sp³-hybridized carbons (Fsp3) is 0.438. The monoisotopic (exact) mass is 319 g/mol. The van der Waals surface area contributed by atoms with E-state index in [9.17, 15) is 9.90 Å². The summed E-state index contributed by atoms with van der Waals surface area (Å²) in [4.78, 5) is 15.9. The van der Waals surface area contributed by atoms with Gasteiger partial charge in [-0.25, -0.2) is 9.78 Å². The van der Waals surface area contributed by atoms with Gasteiger partial charge in [0.05, 0.1) is 24.5 Å². The molecule has 0 aliphatic carbocycles. The minimum atomic E-state index is -0.486. The first kappa shape index (κ1) is 16.8. The van der Waals surface area contributed by atoms with Gasteiger partial charge in [-0.05, 0) is 31.9 Å². The average Bonchev–Trinajstić information content (AvgIpc) is 2.87. The second kappa shape index (κ2) is 7.13. The first-order valence-electron chi connectivity index (χ1n) is 7.41. The Morgan fingerprint density at radius 1 is 1.35 bits per heavy atom. The van der Waals surface area contributed by atoms with Crippen LogP contribution < -0.4 is 5.32 Å². The molecule has 2 heterocycles. The number of rotatable bonds is 5. The fourth-order valence-electron chi connectivity index (χ4n) is 1.93. The van der Waals surface area contributed by atoms with Gasteiger partial charge in [0.25, 0.3) is 0 Å². The van der Waals surface area contributed by atoms with Crippen LogP contribution in [0.15, 0.2) is 16.7 Å². The number of hydrogen-bond donors (Lipinski definition) is 2. The Morgan fingerprint density at radius 3 is 2.74 bits per heavy atom. The number of ether oxygens (including phenoxy) is 1. The van der Waals surface area contributed by atoms with Crippen LogP contribution in [-0.4, -0.2) is 27.9 Å². The molecule has 2 aromatic rings. The number of aromatic hydroxyl groups is 1. The number of nitrogens with zero attached hydrogens (tertiary/aromatic N) is 2. The van der Waals surface area contributed by atoms with E-state index >= 15 is 0 Å². The number of aromatic nitrogens is 2. The zero-order valence-electron chi connectivity index (χ0n) is 13.7. The van der Waals surface area contributed by atoms with Crippen molar-refractivity contribution < 1.29 is 19.2 Å². The Kier molecular flexibility index (Phi) is 5.20. The number of alkyl carbamates (subject to hydrolysis) is 1. The highest BCUT2D eigenvalue weighted by molar-refractivity contribution is 5.68. The van der Waals surface area contributed by atoms with Gasteiger partial charge in [0, 0.05) is 5.56 Å². The van der Waals surface area contributed by atoms with E-state index in [4.69, 9.17) is 9.26 Å². The van der Waals surface area contributed by atoms with Crippen molar-refractivity contribution in [1.29, 1.82) is 0 Å². The Bertz CT molecular complexity index is 695. The van der Waals surface area contributed by atoms with Crippen LogP contribution in [0, 0.1) is 19.8 Å². The van der Waals surface area contributed by atoms with Crippen molar-refractivity contribution >= 4 is 6.09 Å². The molecule has 1 amide bonds. The molecule has 0 unspecified atom stereocenters. The van der Waals surface area contributed by atoms with Gasteiger partial charge in [-0.15, -0.1) is 0 Å². The molecule has 0 aliphatic heterocycles. The molecule has 0 bridgehead atoms. The summed E-state index contributed by atoms with van der Waals surface area (Å²) < 4.78 is 10.4. The smallest absolute Gasteiger partial charge is 0.407 e. The van der Waals surface area contributed by atoms with E-state index in [0.29, 0.717) is 29.4 Å². The maximum atomic E-state index is 11.7. The number of amides is 1. The molecule has 7 nitrogen and oxygen atoms in total. The molecular formula is C16H21N3O4. The van der Waals surface area contributed by atoms with Crippen molar-refractivity contribution in [2.45, 2.75) is 34.2 Å². The minimum Gasteiger partial charge on any atom is -0.506 e. The predicted molar refractivity (Wildman–Crippen MR) is 83.9 cm³/mol. The van der Waals surface area contributed by atoms with Crippen LogP contribution in [0.5, 0.6) is 5.75 Å². The summed E-state index contributed by atoms with van der Waals surface area (Å²) in [6.45, 7) is 8.01. The topological polar surface area (TPSA) is 97.5 Å². The number of carbonyl (C=O) groups excluding carboxylic acids is 1. The highest BCUT2D eigenvalue weighted by Crippen LogP contribution is 2.27. The van der Waals surface area contributed by atoms with Crippen LogP contribution in [0.25, 0.3) is 11.5 Å². The maximum Gasteiger partial charge on any atom is 0.407 e. The van der Waals surface area contributed by atoms with Crippen LogP contribution in [0.2, 0.25) is 0 Å². The van der Waals surface area contributed by atoms with Gasteiger partial charge in [-0.3, -0.25) is 0 Å². The standard InChI is InChI=1S/C16H21N3O4/c1-9(2)8-22-16(21)17-7-12-10(3)19-23-15(12)13-5-6-14(20)11(4)18-13/h5-6,9,20H,7-8H2,1-4H3,(H,17,21). The van der Waals surface area contributed by atoms with E-state index in [1.165, 1.54) is 0 Å². The molecule has 0 spiro atoms. The third kappa shape index (κ3) is 4.21. The molecule has 0 saturated heterocycles. The van der Waals surface area contributed by atoms with Gasteiger partial charge in [0.1, 0.15) is 11.4 Å². The third-order valence-electron chi connectivity index (χ3n) is 3.23. The predicted octanol–water partition coefficient (Wildman–Crippen LogP) is 2.94. The second-order valence-corrected chi connectivity index (χ2v) is 5.72. The molecular weight excluding hydrogens is 298 g/mol. The lowest BCUT2D eigenvalue weighted by Crippen LogP contribution is -2.25. The Hall–Kier alpha value is -2.57. The van der Waals surface area contributed by atoms with Crippen molar-refractivity contribution in [3.05, 3.63) is 29.1 Å². The highest BCUT2D eigenvalue weighted by atomic mass is 16.5. The second-order valence-electron chi connectivity index (χ2n) is 5.72. The van der Waals surface area contributed by atoms with Crippen molar-refractivity contribution in [2.24, 2.45) is 5.92 Å². The molecule has 0 aliphatic rings. The fourth-order valence-corrected chi connectivity index (χ4v) is 1.93. The lowest BCUT2D eigenvalue weighted by Gasteiger charge is -2.09. The normalized spacial score (nSPS) is 10.8. The zero-order valence-corrected chi connectivity index (χ0v) is 13.7. The SMILES string of the molecule is Cc1nc(-c2onc(C)c2CNC(=O)OCC(C)C)ccc1O. The summed E-state index contributed by atoms with van der Waals surface area (Å²) in [6, 6.07) is 3.19. The van der Waals surface area contributed by atoms with Crippen LogP contribution in [0.1, 0.15) is 30.8 Å². The summed E-state index contributed by atoms with van der Waals surface area (Å²) >= 11 is 0. The van der Waals surface area contributed by atoms with E-state index in [0.717, 1.165) is 5.56 Å². The van der Waals surface area contributed by atoms with Crippen molar-refractivity contribution in [3.8, 4) is 17.2 Å². The molecule has 124 valence electrons. The lowest BCUT2D eigenvalue weighted by atomic mass is 10.1. The molecule has 0 fully saturated rings. The van der Waals surface area contributed by atoms with E-state index in [-0.39, 0.29) is 18.2 Å². The van der Waals surface area contributed by atoms with Gasteiger partial charge in [0.15, 0.2) is 5.76 Å². The summed E-state index contributed by atoms with van der Waals surface area (Å²) in [7, 11) is 0. The van der Waals surface area contributed by atoms with Crippen LogP contribution in [0.4, 0.5) is 4.79 Å². The number of carbonyl (C=O) groups is 1. The number of hydrogen-bond acceptors (Lipinski definition) is 6. The molecule has 7 heteroatoms. The minimum absolute atomic E-state index is 0.113. The van der Waals surface area contributed by atoms with E-state index < -0.39 is 6.09 Å². The molecule has 2 aromatic heterocycles. The largest absolute Gasteiger partial charge is 0.506 e. The van der Waals surface area contributed by atoms with Crippen LogP contribution in [-0.2, 0) is 11.3 Å². The first-order valence-corrected chi connectivity index (χ1v) is 7.41. The highest BCUT2D eigenvalue weighted by Gasteiger charge is 2.18. The Morgan fingerprint density at radius 2 is 2.09 bits per heavy atom. The van der Waals surface area contributed by atoms with Gasteiger partial charge in [0.2, 0.25) is 0 Å². The molecule has 0 saturated carbocycles.